The van der Waals surface area contributed by atoms with Crippen LogP contribution in [0.5, 0.6) is 0 Å². The molecule has 112 valence electrons. The fourth-order valence-corrected chi connectivity index (χ4v) is 2.50. The van der Waals surface area contributed by atoms with Crippen LogP contribution in [0, 0.1) is 0 Å². The average Bonchev–Trinajstić information content (AvgIpc) is 3.09. The van der Waals surface area contributed by atoms with Gasteiger partial charge < -0.3 is 4.42 Å². The topological polar surface area (TPSA) is 69.1 Å². The highest BCUT2D eigenvalue weighted by atomic mass is 19.1. The first kappa shape index (κ1) is 13.1. The van der Waals surface area contributed by atoms with Crippen LogP contribution in [0.4, 0.5) is 4.39 Å². The summed E-state index contributed by atoms with van der Waals surface area (Å²) >= 11 is 0. The molecule has 1 atom stereocenters. The average molecular weight is 299 g/mol. The first-order valence-corrected chi connectivity index (χ1v) is 7.14. The molecule has 0 aliphatic carbocycles. The van der Waals surface area contributed by atoms with E-state index in [1.807, 2.05) is 10.7 Å². The van der Waals surface area contributed by atoms with E-state index >= 15 is 0 Å². The van der Waals surface area contributed by atoms with Crippen molar-refractivity contribution < 1.29 is 8.81 Å². The normalized spacial score (nSPS) is 17.4. The maximum atomic E-state index is 13.3. The van der Waals surface area contributed by atoms with E-state index in [1.54, 1.807) is 18.5 Å². The van der Waals surface area contributed by atoms with Crippen LogP contribution in [0.2, 0.25) is 0 Å². The van der Waals surface area contributed by atoms with Gasteiger partial charge in [-0.3, -0.25) is 0 Å². The number of hydrogen-bond acceptors (Lipinski definition) is 5. The fraction of sp³-hybridized carbons (Fsp3) is 0.333. The Morgan fingerprint density at radius 1 is 1.36 bits per heavy atom. The number of alkyl halides is 1. The predicted molar refractivity (Wildman–Crippen MR) is 78.2 cm³/mol. The first-order valence-electron chi connectivity index (χ1n) is 7.14. The minimum absolute atomic E-state index is 0.234. The standard InChI is InChI=1S/C15H14FN5O/c1-8(2)21-13-9(7-18-21)5-10(6-17-13)14-19-11-3-4-12(16)20-15(11)22-14/h3,5-8,12H,4H2,1-2H3. The number of rotatable bonds is 2. The highest BCUT2D eigenvalue weighted by Crippen LogP contribution is 2.21. The molecular formula is C15H14FN5O. The second-order valence-corrected chi connectivity index (χ2v) is 5.53. The highest BCUT2D eigenvalue weighted by Gasteiger charge is 2.14. The van der Waals surface area contributed by atoms with Gasteiger partial charge in [0.05, 0.1) is 11.8 Å². The summed E-state index contributed by atoms with van der Waals surface area (Å²) in [5, 5.41) is 5.83. The van der Waals surface area contributed by atoms with Crippen molar-refractivity contribution in [3.8, 4) is 11.5 Å². The molecule has 3 aromatic heterocycles. The SMILES string of the molecule is CC(C)n1ncc2cc(-c3nc4c(o3)=NC(F)CC=4)cnc21. The maximum Gasteiger partial charge on any atom is 0.245 e. The van der Waals surface area contributed by atoms with Gasteiger partial charge >= 0.3 is 0 Å². The van der Waals surface area contributed by atoms with Crippen molar-refractivity contribution in [3.05, 3.63) is 29.4 Å². The molecular weight excluding hydrogens is 285 g/mol. The van der Waals surface area contributed by atoms with Crippen molar-refractivity contribution in [2.75, 3.05) is 0 Å². The Morgan fingerprint density at radius 2 is 2.23 bits per heavy atom. The lowest BCUT2D eigenvalue weighted by Crippen LogP contribution is -2.28. The molecule has 0 N–H and O–H groups in total. The molecule has 4 heterocycles. The van der Waals surface area contributed by atoms with Crippen molar-refractivity contribution in [3.63, 3.8) is 0 Å². The van der Waals surface area contributed by atoms with Crippen LogP contribution in [0.1, 0.15) is 26.3 Å². The molecule has 0 fully saturated rings. The summed E-state index contributed by atoms with van der Waals surface area (Å²) in [7, 11) is 0. The van der Waals surface area contributed by atoms with Crippen molar-refractivity contribution in [1.82, 2.24) is 19.7 Å². The second kappa shape index (κ2) is 4.72. The zero-order valence-electron chi connectivity index (χ0n) is 12.2. The van der Waals surface area contributed by atoms with E-state index in [1.165, 1.54) is 0 Å². The molecule has 3 aromatic rings. The minimum Gasteiger partial charge on any atom is -0.418 e. The quantitative estimate of drug-likeness (QED) is 0.676. The Balaban J connectivity index is 1.84. The molecule has 22 heavy (non-hydrogen) atoms. The number of hydrogen-bond donors (Lipinski definition) is 0. The molecule has 0 bridgehead atoms. The molecule has 7 heteroatoms. The number of aromatic nitrogens is 4. The van der Waals surface area contributed by atoms with Gasteiger partial charge in [-0.05, 0) is 26.0 Å². The van der Waals surface area contributed by atoms with Gasteiger partial charge in [-0.25, -0.2) is 24.0 Å². The van der Waals surface area contributed by atoms with Crippen LogP contribution in [0.15, 0.2) is 27.9 Å². The van der Waals surface area contributed by atoms with Crippen LogP contribution in [-0.2, 0) is 0 Å². The summed E-state index contributed by atoms with van der Waals surface area (Å²) in [4.78, 5) is 12.6. The highest BCUT2D eigenvalue weighted by molar-refractivity contribution is 5.79. The second-order valence-electron chi connectivity index (χ2n) is 5.53. The molecule has 0 saturated carbocycles. The van der Waals surface area contributed by atoms with Crippen molar-refractivity contribution in [1.29, 1.82) is 0 Å². The van der Waals surface area contributed by atoms with Crippen molar-refractivity contribution in [2.24, 2.45) is 4.99 Å². The van der Waals surface area contributed by atoms with E-state index in [-0.39, 0.29) is 18.0 Å². The van der Waals surface area contributed by atoms with Crippen LogP contribution < -0.4 is 10.9 Å². The Labute approximate surface area is 125 Å². The first-order chi connectivity index (χ1) is 10.6. The number of pyridine rings is 1. The number of halogens is 1. The minimum atomic E-state index is -1.25. The van der Waals surface area contributed by atoms with E-state index in [0.29, 0.717) is 11.2 Å². The van der Waals surface area contributed by atoms with Gasteiger partial charge in [-0.2, -0.15) is 5.10 Å². The summed E-state index contributed by atoms with van der Waals surface area (Å²) in [6.07, 6.45) is 4.13. The number of nitrogens with zero attached hydrogens (tertiary/aromatic N) is 5. The predicted octanol–water partition coefficient (Wildman–Crippen LogP) is 1.77. The smallest absolute Gasteiger partial charge is 0.245 e. The Kier molecular flexibility index (Phi) is 2.82. The zero-order chi connectivity index (χ0) is 15.3. The summed E-state index contributed by atoms with van der Waals surface area (Å²) in [5.41, 5.74) is 1.78. The van der Waals surface area contributed by atoms with Gasteiger partial charge in [-0.15, -0.1) is 0 Å². The van der Waals surface area contributed by atoms with Crippen LogP contribution >= 0.6 is 0 Å². The maximum absolute atomic E-state index is 13.3. The molecule has 4 rings (SSSR count). The van der Waals surface area contributed by atoms with Gasteiger partial charge in [0, 0.05) is 24.0 Å². The third-order valence-electron chi connectivity index (χ3n) is 3.57. The third kappa shape index (κ3) is 2.01. The molecule has 6 nitrogen and oxygen atoms in total. The molecule has 0 amide bonds. The van der Waals surface area contributed by atoms with Gasteiger partial charge in [0.25, 0.3) is 0 Å². The van der Waals surface area contributed by atoms with Crippen LogP contribution in [0.25, 0.3) is 28.6 Å². The largest absolute Gasteiger partial charge is 0.418 e. The van der Waals surface area contributed by atoms with Gasteiger partial charge in [0.2, 0.25) is 11.4 Å². The van der Waals surface area contributed by atoms with E-state index in [9.17, 15) is 4.39 Å². The Morgan fingerprint density at radius 3 is 3.05 bits per heavy atom. The van der Waals surface area contributed by atoms with Crippen molar-refractivity contribution >= 4 is 17.1 Å². The summed E-state index contributed by atoms with van der Waals surface area (Å²) in [6, 6.07) is 2.15. The number of oxazole rings is 1. The summed E-state index contributed by atoms with van der Waals surface area (Å²) in [6.45, 7) is 4.10. The zero-order valence-corrected chi connectivity index (χ0v) is 12.2. The molecule has 0 spiro atoms. The number of fused-ring (bicyclic) bond motifs is 2. The van der Waals surface area contributed by atoms with Crippen LogP contribution in [-0.4, -0.2) is 26.0 Å². The lowest BCUT2D eigenvalue weighted by molar-refractivity contribution is 0.329. The van der Waals surface area contributed by atoms with Gasteiger partial charge in [0.15, 0.2) is 11.9 Å². The molecule has 0 radical (unpaired) electrons. The van der Waals surface area contributed by atoms with Gasteiger partial charge in [-0.1, -0.05) is 0 Å². The molecule has 0 saturated heterocycles. The third-order valence-corrected chi connectivity index (χ3v) is 3.57. The molecule has 1 aliphatic rings. The Bertz CT molecular complexity index is 972. The molecule has 1 aliphatic heterocycles. The van der Waals surface area contributed by atoms with E-state index in [0.717, 1.165) is 16.6 Å². The van der Waals surface area contributed by atoms with Crippen molar-refractivity contribution in [2.45, 2.75) is 32.6 Å². The lowest BCUT2D eigenvalue weighted by Gasteiger charge is -2.05. The van der Waals surface area contributed by atoms with E-state index in [4.69, 9.17) is 4.42 Å². The Hall–Kier alpha value is -2.57. The van der Waals surface area contributed by atoms with Gasteiger partial charge in [0.1, 0.15) is 5.35 Å². The monoisotopic (exact) mass is 299 g/mol. The molecule has 1 unspecified atom stereocenters. The summed E-state index contributed by atoms with van der Waals surface area (Å²) in [5.74, 6) is 0.394. The van der Waals surface area contributed by atoms with Crippen LogP contribution in [0.3, 0.4) is 0 Å². The van der Waals surface area contributed by atoms with E-state index < -0.39 is 6.30 Å². The summed E-state index contributed by atoms with van der Waals surface area (Å²) < 4.78 is 20.7. The fourth-order valence-electron chi connectivity index (χ4n) is 2.50. The molecule has 0 aromatic carbocycles. The van der Waals surface area contributed by atoms with E-state index in [2.05, 4.69) is 33.9 Å². The lowest BCUT2D eigenvalue weighted by atomic mass is 10.2.